The van der Waals surface area contributed by atoms with E-state index in [0.29, 0.717) is 11.4 Å². The van der Waals surface area contributed by atoms with Crippen LogP contribution in [0, 0.1) is 32.1 Å². The molecule has 98 valence electrons. The van der Waals surface area contributed by atoms with Gasteiger partial charge in [0.15, 0.2) is 5.82 Å². The van der Waals surface area contributed by atoms with Crippen molar-refractivity contribution >= 4 is 17.2 Å². The van der Waals surface area contributed by atoms with Gasteiger partial charge in [0.25, 0.3) is 0 Å². The highest BCUT2D eigenvalue weighted by Crippen LogP contribution is 2.24. The summed E-state index contributed by atoms with van der Waals surface area (Å²) in [6.45, 7) is 7.69. The summed E-state index contributed by atoms with van der Waals surface area (Å²) in [5.41, 5.74) is 3.19. The van der Waals surface area contributed by atoms with E-state index in [2.05, 4.69) is 26.6 Å². The van der Waals surface area contributed by atoms with E-state index in [4.69, 9.17) is 0 Å². The smallest absolute Gasteiger partial charge is 0.167 e. The maximum atomic E-state index is 9.24. The molecule has 1 N–H and O–H groups in total. The second kappa shape index (κ2) is 5.33. The molecule has 0 radical (unpaired) electrons. The summed E-state index contributed by atoms with van der Waals surface area (Å²) in [6.07, 6.45) is 0. The van der Waals surface area contributed by atoms with Gasteiger partial charge in [-0.25, -0.2) is 4.98 Å². The number of hydrogen-bond donors (Lipinski definition) is 1. The van der Waals surface area contributed by atoms with Crippen LogP contribution in [0.25, 0.3) is 0 Å². The molecule has 0 fully saturated rings. The Bertz CT molecular complexity index is 641. The zero-order chi connectivity index (χ0) is 14.0. The number of hydrogen-bond acceptors (Lipinski definition) is 6. The molecule has 6 heteroatoms. The molecule has 1 unspecified atom stereocenters. The predicted molar refractivity (Wildman–Crippen MR) is 75.1 cm³/mol. The van der Waals surface area contributed by atoms with Crippen LogP contribution in [0.4, 0.5) is 5.82 Å². The molecule has 0 aliphatic heterocycles. The van der Waals surface area contributed by atoms with Crippen molar-refractivity contribution < 1.29 is 0 Å². The van der Waals surface area contributed by atoms with Gasteiger partial charge < -0.3 is 5.32 Å². The van der Waals surface area contributed by atoms with Crippen molar-refractivity contribution in [3.05, 3.63) is 32.9 Å². The number of anilines is 1. The van der Waals surface area contributed by atoms with E-state index in [1.54, 1.807) is 11.3 Å². The van der Waals surface area contributed by atoms with Gasteiger partial charge in [-0.1, -0.05) is 0 Å². The van der Waals surface area contributed by atoms with Gasteiger partial charge in [-0.15, -0.1) is 16.4 Å². The molecule has 2 aromatic heterocycles. The van der Waals surface area contributed by atoms with Gasteiger partial charge >= 0.3 is 0 Å². The lowest BCUT2D eigenvalue weighted by molar-refractivity contribution is 0.836. The molecular weight excluding hydrogens is 258 g/mol. The van der Waals surface area contributed by atoms with Crippen LogP contribution < -0.4 is 5.32 Å². The van der Waals surface area contributed by atoms with Crippen molar-refractivity contribution in [3.8, 4) is 6.07 Å². The summed E-state index contributed by atoms with van der Waals surface area (Å²) in [6, 6.07) is 2.19. The summed E-state index contributed by atoms with van der Waals surface area (Å²) in [5.74, 6) is 0.519. The SMILES string of the molecule is Cc1csc(C(C)Nc2nnc(C)c(C)c2C#N)n1. The van der Waals surface area contributed by atoms with Crippen LogP contribution in [0.15, 0.2) is 5.38 Å². The number of aryl methyl sites for hydroxylation is 2. The summed E-state index contributed by atoms with van der Waals surface area (Å²) < 4.78 is 0. The second-order valence-electron chi connectivity index (χ2n) is 4.44. The van der Waals surface area contributed by atoms with E-state index >= 15 is 0 Å². The molecule has 2 heterocycles. The lowest BCUT2D eigenvalue weighted by Crippen LogP contribution is -2.11. The van der Waals surface area contributed by atoms with Crippen molar-refractivity contribution in [3.63, 3.8) is 0 Å². The monoisotopic (exact) mass is 273 g/mol. The lowest BCUT2D eigenvalue weighted by Gasteiger charge is -2.14. The Balaban J connectivity index is 2.29. The van der Waals surface area contributed by atoms with E-state index < -0.39 is 0 Å². The van der Waals surface area contributed by atoms with E-state index in [9.17, 15) is 5.26 Å². The number of nitrogens with zero attached hydrogens (tertiary/aromatic N) is 4. The molecule has 0 aromatic carbocycles. The van der Waals surface area contributed by atoms with Crippen LogP contribution in [0.1, 0.15) is 40.5 Å². The van der Waals surface area contributed by atoms with Gasteiger partial charge in [0, 0.05) is 11.1 Å². The zero-order valence-corrected chi connectivity index (χ0v) is 12.2. The minimum atomic E-state index is 0.00204. The van der Waals surface area contributed by atoms with Crippen LogP contribution >= 0.6 is 11.3 Å². The van der Waals surface area contributed by atoms with Gasteiger partial charge in [0.1, 0.15) is 16.6 Å². The molecule has 0 amide bonds. The molecule has 0 saturated carbocycles. The summed E-state index contributed by atoms with van der Waals surface area (Å²) in [4.78, 5) is 4.43. The van der Waals surface area contributed by atoms with Crippen molar-refractivity contribution in [1.29, 1.82) is 5.26 Å². The molecular formula is C13H15N5S. The number of nitrogens with one attached hydrogen (secondary N) is 1. The molecule has 19 heavy (non-hydrogen) atoms. The van der Waals surface area contributed by atoms with Crippen LogP contribution in [-0.4, -0.2) is 15.2 Å². The molecule has 1 atom stereocenters. The predicted octanol–water partition coefficient (Wildman–Crippen LogP) is 2.90. The van der Waals surface area contributed by atoms with E-state index in [1.807, 2.05) is 33.1 Å². The largest absolute Gasteiger partial charge is 0.359 e. The molecule has 0 bridgehead atoms. The Morgan fingerprint density at radius 1 is 1.32 bits per heavy atom. The fourth-order valence-corrected chi connectivity index (χ4v) is 2.49. The molecule has 0 aliphatic rings. The minimum Gasteiger partial charge on any atom is -0.359 e. The summed E-state index contributed by atoms with van der Waals surface area (Å²) in [5, 5.41) is 23.6. The number of nitriles is 1. The molecule has 0 aliphatic carbocycles. The Morgan fingerprint density at radius 2 is 2.05 bits per heavy atom. The maximum Gasteiger partial charge on any atom is 0.167 e. The van der Waals surface area contributed by atoms with E-state index in [-0.39, 0.29) is 6.04 Å². The Labute approximate surface area is 116 Å². The highest BCUT2D eigenvalue weighted by atomic mass is 32.1. The highest BCUT2D eigenvalue weighted by Gasteiger charge is 2.15. The van der Waals surface area contributed by atoms with Gasteiger partial charge in [0.2, 0.25) is 0 Å². The third-order valence-corrected chi connectivity index (χ3v) is 4.07. The maximum absolute atomic E-state index is 9.24. The standard InChI is InChI=1S/C13H15N5S/c1-7-6-19-13(15-7)10(4)16-12-11(5-14)8(2)9(3)17-18-12/h6,10H,1-4H3,(H,16,18). The van der Waals surface area contributed by atoms with Crippen LogP contribution in [0.5, 0.6) is 0 Å². The average Bonchev–Trinajstić information content (AvgIpc) is 2.81. The first-order valence-electron chi connectivity index (χ1n) is 5.95. The first kappa shape index (κ1) is 13.4. The third kappa shape index (κ3) is 2.71. The van der Waals surface area contributed by atoms with Gasteiger partial charge in [0.05, 0.1) is 11.7 Å². The normalized spacial score (nSPS) is 11.9. The quantitative estimate of drug-likeness (QED) is 0.930. The number of rotatable bonds is 3. The van der Waals surface area contributed by atoms with Gasteiger partial charge in [-0.05, 0) is 33.3 Å². The van der Waals surface area contributed by atoms with Crippen molar-refractivity contribution in [2.45, 2.75) is 33.7 Å². The number of thiazole rings is 1. The fraction of sp³-hybridized carbons (Fsp3) is 0.385. The Kier molecular flexibility index (Phi) is 3.76. The van der Waals surface area contributed by atoms with Crippen molar-refractivity contribution in [2.24, 2.45) is 0 Å². The van der Waals surface area contributed by atoms with Gasteiger partial charge in [-0.2, -0.15) is 10.4 Å². The van der Waals surface area contributed by atoms with Crippen molar-refractivity contribution in [2.75, 3.05) is 5.32 Å². The fourth-order valence-electron chi connectivity index (χ4n) is 1.68. The molecule has 2 rings (SSSR count). The topological polar surface area (TPSA) is 74.5 Å². The second-order valence-corrected chi connectivity index (χ2v) is 5.33. The highest BCUT2D eigenvalue weighted by molar-refractivity contribution is 7.09. The third-order valence-electron chi connectivity index (χ3n) is 2.93. The average molecular weight is 273 g/mol. The van der Waals surface area contributed by atoms with Crippen LogP contribution in [0.3, 0.4) is 0 Å². The van der Waals surface area contributed by atoms with Gasteiger partial charge in [-0.3, -0.25) is 0 Å². The first-order chi connectivity index (χ1) is 9.02. The Hall–Kier alpha value is -2.00. The van der Waals surface area contributed by atoms with E-state index in [0.717, 1.165) is 22.0 Å². The van der Waals surface area contributed by atoms with E-state index in [1.165, 1.54) is 0 Å². The minimum absolute atomic E-state index is 0.00204. The Morgan fingerprint density at radius 3 is 2.63 bits per heavy atom. The molecule has 2 aromatic rings. The lowest BCUT2D eigenvalue weighted by atomic mass is 10.1. The molecule has 0 saturated heterocycles. The zero-order valence-electron chi connectivity index (χ0n) is 11.4. The summed E-state index contributed by atoms with van der Waals surface area (Å²) >= 11 is 1.59. The van der Waals surface area contributed by atoms with Crippen LogP contribution in [0.2, 0.25) is 0 Å². The molecule has 0 spiro atoms. The van der Waals surface area contributed by atoms with Crippen molar-refractivity contribution in [1.82, 2.24) is 15.2 Å². The number of aromatic nitrogens is 3. The molecule has 5 nitrogen and oxygen atoms in total. The van der Waals surface area contributed by atoms with Crippen LogP contribution in [-0.2, 0) is 0 Å². The summed E-state index contributed by atoms with van der Waals surface area (Å²) in [7, 11) is 0. The first-order valence-corrected chi connectivity index (χ1v) is 6.83.